The fourth-order valence-electron chi connectivity index (χ4n) is 0.935. The van der Waals surface area contributed by atoms with Crippen LogP contribution in [0.1, 0.15) is 13.8 Å². The molecule has 1 aliphatic carbocycles. The monoisotopic (exact) mass is 131 g/mol. The van der Waals surface area contributed by atoms with E-state index in [0.717, 1.165) is 16.7 Å². The fourth-order valence-corrected chi connectivity index (χ4v) is 0.935. The topological polar surface area (TPSA) is 23.9 Å². The summed E-state index contributed by atoms with van der Waals surface area (Å²) < 4.78 is 0. The Balaban J connectivity index is 3.28. The van der Waals surface area contributed by atoms with Gasteiger partial charge in [-0.2, -0.15) is 0 Å². The van der Waals surface area contributed by atoms with E-state index in [4.69, 9.17) is 5.41 Å². The average Bonchev–Trinajstić information content (AvgIpc) is 1.88. The second kappa shape index (κ2) is 2.53. The molecule has 0 spiro atoms. The highest BCUT2D eigenvalue weighted by molar-refractivity contribution is 5.70. The highest BCUT2D eigenvalue weighted by Gasteiger charge is 2.02. The lowest BCUT2D eigenvalue weighted by Crippen LogP contribution is -1.90. The van der Waals surface area contributed by atoms with E-state index in [2.05, 4.69) is 11.6 Å². The van der Waals surface area contributed by atoms with Crippen molar-refractivity contribution >= 4 is 5.87 Å². The van der Waals surface area contributed by atoms with Crippen LogP contribution in [0.3, 0.4) is 0 Å². The summed E-state index contributed by atoms with van der Waals surface area (Å²) in [5.74, 6) is 2.38. The molecular weight excluding hydrogens is 122 g/mol. The minimum atomic E-state index is 0.863. The molecule has 0 heterocycles. The molecule has 1 heteroatoms. The van der Waals surface area contributed by atoms with E-state index in [1.165, 1.54) is 0 Å². The van der Waals surface area contributed by atoms with E-state index in [1.54, 1.807) is 0 Å². The third-order valence-electron chi connectivity index (χ3n) is 1.53. The molecule has 1 nitrogen and oxygen atoms in total. The summed E-state index contributed by atoms with van der Waals surface area (Å²) in [4.78, 5) is 0. The van der Waals surface area contributed by atoms with Gasteiger partial charge in [0.2, 0.25) is 0 Å². The molecule has 0 fully saturated rings. The van der Waals surface area contributed by atoms with Crippen molar-refractivity contribution in [3.8, 4) is 0 Å². The third kappa shape index (κ3) is 1.01. The van der Waals surface area contributed by atoms with E-state index in [1.807, 2.05) is 26.0 Å². The number of rotatable bonds is 0. The molecule has 0 aromatic rings. The van der Waals surface area contributed by atoms with Crippen LogP contribution in [0.2, 0.25) is 0 Å². The zero-order valence-electron chi connectivity index (χ0n) is 6.15. The average molecular weight is 131 g/mol. The Hall–Kier alpha value is -1.29. The zero-order valence-corrected chi connectivity index (χ0v) is 6.15. The summed E-state index contributed by atoms with van der Waals surface area (Å²) in [6, 6.07) is 0. The SMILES string of the molecule is CC1=C=CC=C(C)C1=C=N. The van der Waals surface area contributed by atoms with Crippen LogP contribution in [0.25, 0.3) is 0 Å². The van der Waals surface area contributed by atoms with E-state index in [0.29, 0.717) is 0 Å². The first kappa shape index (κ1) is 6.82. The van der Waals surface area contributed by atoms with Gasteiger partial charge in [-0.3, -0.25) is 5.41 Å². The standard InChI is InChI=1S/C9H9N/c1-7-4-3-5-8(2)9(7)6-10/h3-4,10H,1-2H3. The largest absolute Gasteiger partial charge is 0.258 e. The lowest BCUT2D eigenvalue weighted by molar-refractivity contribution is 1.33. The molecule has 50 valence electrons. The van der Waals surface area contributed by atoms with Gasteiger partial charge < -0.3 is 0 Å². The van der Waals surface area contributed by atoms with Gasteiger partial charge in [0.05, 0.1) is 0 Å². The maximum atomic E-state index is 6.96. The van der Waals surface area contributed by atoms with Crippen molar-refractivity contribution < 1.29 is 0 Å². The molecule has 10 heavy (non-hydrogen) atoms. The first-order valence-electron chi connectivity index (χ1n) is 3.16. The van der Waals surface area contributed by atoms with Crippen LogP contribution in [-0.4, -0.2) is 5.87 Å². The lowest BCUT2D eigenvalue weighted by atomic mass is 9.99. The maximum Gasteiger partial charge on any atom is 0.0489 e. The molecule has 1 N–H and O–H groups in total. The lowest BCUT2D eigenvalue weighted by Gasteiger charge is -2.03. The number of allylic oxidation sites excluding steroid dienone is 4. The normalized spacial score (nSPS) is 16.0. The van der Waals surface area contributed by atoms with Crippen LogP contribution in [0, 0.1) is 5.41 Å². The van der Waals surface area contributed by atoms with Gasteiger partial charge >= 0.3 is 0 Å². The number of hydrogen-bond donors (Lipinski definition) is 1. The Morgan fingerprint density at radius 3 is 2.60 bits per heavy atom. The van der Waals surface area contributed by atoms with Gasteiger partial charge in [-0.15, -0.1) is 5.73 Å². The van der Waals surface area contributed by atoms with E-state index < -0.39 is 0 Å². The minimum absolute atomic E-state index is 0.863. The second-order valence-electron chi connectivity index (χ2n) is 2.29. The van der Waals surface area contributed by atoms with Gasteiger partial charge in [0, 0.05) is 11.1 Å². The van der Waals surface area contributed by atoms with Gasteiger partial charge in [-0.25, -0.2) is 0 Å². The summed E-state index contributed by atoms with van der Waals surface area (Å²) in [5.41, 5.74) is 5.96. The van der Waals surface area contributed by atoms with E-state index >= 15 is 0 Å². The zero-order chi connectivity index (χ0) is 7.56. The molecule has 0 aromatic carbocycles. The summed E-state index contributed by atoms with van der Waals surface area (Å²) in [6.07, 6.45) is 3.80. The number of hydrogen-bond acceptors (Lipinski definition) is 1. The highest BCUT2D eigenvalue weighted by atomic mass is 14.3. The molecule has 0 saturated heterocycles. The Morgan fingerprint density at radius 1 is 1.50 bits per heavy atom. The van der Waals surface area contributed by atoms with Crippen LogP contribution in [0.5, 0.6) is 0 Å². The van der Waals surface area contributed by atoms with E-state index in [9.17, 15) is 0 Å². The molecule has 0 atom stereocenters. The summed E-state index contributed by atoms with van der Waals surface area (Å²) in [6.45, 7) is 3.90. The molecule has 0 radical (unpaired) electrons. The first-order chi connectivity index (χ1) is 4.75. The second-order valence-corrected chi connectivity index (χ2v) is 2.29. The van der Waals surface area contributed by atoms with Crippen LogP contribution in [0.4, 0.5) is 0 Å². The highest BCUT2D eigenvalue weighted by Crippen LogP contribution is 2.17. The third-order valence-corrected chi connectivity index (χ3v) is 1.53. The van der Waals surface area contributed by atoms with Gasteiger partial charge in [-0.1, -0.05) is 6.08 Å². The quantitative estimate of drug-likeness (QED) is 0.385. The van der Waals surface area contributed by atoms with Crippen molar-refractivity contribution in [1.29, 1.82) is 5.41 Å². The van der Waals surface area contributed by atoms with Crippen molar-refractivity contribution in [3.05, 3.63) is 34.6 Å². The van der Waals surface area contributed by atoms with Crippen molar-refractivity contribution in [1.82, 2.24) is 0 Å². The molecular formula is C9H9N. The predicted octanol–water partition coefficient (Wildman–Crippen LogP) is 2.22. The van der Waals surface area contributed by atoms with Crippen LogP contribution in [0.15, 0.2) is 34.6 Å². The number of nitrogens with one attached hydrogen (secondary N) is 1. The fraction of sp³-hybridized carbons (Fsp3) is 0.222. The summed E-state index contributed by atoms with van der Waals surface area (Å²) in [7, 11) is 0. The Labute approximate surface area is 60.6 Å². The molecule has 0 unspecified atom stereocenters. The van der Waals surface area contributed by atoms with Gasteiger partial charge in [0.1, 0.15) is 0 Å². The Morgan fingerprint density at radius 2 is 2.20 bits per heavy atom. The van der Waals surface area contributed by atoms with Crippen molar-refractivity contribution in [2.45, 2.75) is 13.8 Å². The molecule has 0 aromatic heterocycles. The smallest absolute Gasteiger partial charge is 0.0489 e. The van der Waals surface area contributed by atoms with Crippen LogP contribution >= 0.6 is 0 Å². The minimum Gasteiger partial charge on any atom is -0.258 e. The Bertz CT molecular complexity index is 293. The van der Waals surface area contributed by atoms with Crippen LogP contribution < -0.4 is 0 Å². The van der Waals surface area contributed by atoms with Gasteiger partial charge in [0.15, 0.2) is 0 Å². The van der Waals surface area contributed by atoms with Crippen molar-refractivity contribution in [2.24, 2.45) is 0 Å². The predicted molar refractivity (Wildman–Crippen MR) is 42.3 cm³/mol. The maximum absolute atomic E-state index is 6.96. The van der Waals surface area contributed by atoms with Crippen molar-refractivity contribution in [2.75, 3.05) is 0 Å². The van der Waals surface area contributed by atoms with Gasteiger partial charge in [0.25, 0.3) is 0 Å². The molecule has 1 rings (SSSR count). The molecule has 0 saturated carbocycles. The van der Waals surface area contributed by atoms with Crippen molar-refractivity contribution in [3.63, 3.8) is 0 Å². The molecule has 0 amide bonds. The summed E-state index contributed by atoms with van der Waals surface area (Å²) >= 11 is 0. The molecule has 0 aliphatic heterocycles. The van der Waals surface area contributed by atoms with Gasteiger partial charge in [-0.05, 0) is 31.4 Å². The molecule has 1 aliphatic rings. The summed E-state index contributed by atoms with van der Waals surface area (Å²) in [5, 5.41) is 6.96. The molecule has 0 bridgehead atoms. The van der Waals surface area contributed by atoms with E-state index in [-0.39, 0.29) is 0 Å². The Kier molecular flexibility index (Phi) is 1.73. The first-order valence-corrected chi connectivity index (χ1v) is 3.16. The van der Waals surface area contributed by atoms with Crippen LogP contribution in [-0.2, 0) is 0 Å².